The SMILES string of the molecule is COC(=O)c1ccc(COC(=O)c2ccc(Cn3nnc4ccccc43)cc2)o1. The van der Waals surface area contributed by atoms with Crippen molar-refractivity contribution in [3.8, 4) is 0 Å². The summed E-state index contributed by atoms with van der Waals surface area (Å²) in [5.74, 6) is -0.658. The van der Waals surface area contributed by atoms with Crippen molar-refractivity contribution in [1.82, 2.24) is 15.0 Å². The highest BCUT2D eigenvalue weighted by molar-refractivity contribution is 5.89. The van der Waals surface area contributed by atoms with Crippen molar-refractivity contribution in [2.45, 2.75) is 13.2 Å². The second-order valence-corrected chi connectivity index (χ2v) is 6.27. The molecule has 2 aromatic heterocycles. The molecule has 4 rings (SSSR count). The Kier molecular flexibility index (Phi) is 5.07. The second-order valence-electron chi connectivity index (χ2n) is 6.27. The number of methoxy groups -OCH3 is 1. The number of benzene rings is 2. The van der Waals surface area contributed by atoms with Gasteiger partial charge in [-0.15, -0.1) is 5.10 Å². The molecule has 146 valence electrons. The van der Waals surface area contributed by atoms with E-state index < -0.39 is 11.9 Å². The van der Waals surface area contributed by atoms with Crippen LogP contribution in [0.25, 0.3) is 11.0 Å². The zero-order chi connectivity index (χ0) is 20.2. The zero-order valence-corrected chi connectivity index (χ0v) is 15.6. The summed E-state index contributed by atoms with van der Waals surface area (Å²) >= 11 is 0. The average molecular weight is 391 g/mol. The summed E-state index contributed by atoms with van der Waals surface area (Å²) in [6.45, 7) is 0.459. The van der Waals surface area contributed by atoms with Crippen LogP contribution >= 0.6 is 0 Å². The Hall–Kier alpha value is -3.94. The van der Waals surface area contributed by atoms with Gasteiger partial charge in [-0.1, -0.05) is 29.5 Å². The van der Waals surface area contributed by atoms with E-state index in [-0.39, 0.29) is 12.4 Å². The molecule has 0 radical (unpaired) electrons. The molecule has 0 fully saturated rings. The van der Waals surface area contributed by atoms with Crippen molar-refractivity contribution in [2.75, 3.05) is 7.11 Å². The van der Waals surface area contributed by atoms with Gasteiger partial charge in [-0.2, -0.15) is 0 Å². The maximum absolute atomic E-state index is 12.2. The largest absolute Gasteiger partial charge is 0.463 e. The van der Waals surface area contributed by atoms with Gasteiger partial charge in [0.2, 0.25) is 5.76 Å². The van der Waals surface area contributed by atoms with E-state index in [2.05, 4.69) is 15.0 Å². The minimum Gasteiger partial charge on any atom is -0.463 e. The van der Waals surface area contributed by atoms with Crippen LogP contribution in [0, 0.1) is 0 Å². The average Bonchev–Trinajstić information content (AvgIpc) is 3.40. The maximum atomic E-state index is 12.2. The van der Waals surface area contributed by atoms with Crippen LogP contribution in [-0.4, -0.2) is 34.0 Å². The Labute approximate surface area is 165 Å². The lowest BCUT2D eigenvalue weighted by molar-refractivity contribution is 0.0438. The zero-order valence-electron chi connectivity index (χ0n) is 15.6. The Morgan fingerprint density at radius 1 is 1.00 bits per heavy atom. The van der Waals surface area contributed by atoms with E-state index in [0.29, 0.717) is 17.9 Å². The van der Waals surface area contributed by atoms with Crippen molar-refractivity contribution in [3.05, 3.63) is 83.3 Å². The highest BCUT2D eigenvalue weighted by Crippen LogP contribution is 2.14. The van der Waals surface area contributed by atoms with Gasteiger partial charge in [0.15, 0.2) is 0 Å². The minimum atomic E-state index is -0.585. The van der Waals surface area contributed by atoms with E-state index in [1.807, 2.05) is 36.4 Å². The van der Waals surface area contributed by atoms with Crippen LogP contribution in [0.15, 0.2) is 65.1 Å². The summed E-state index contributed by atoms with van der Waals surface area (Å²) in [6.07, 6.45) is 0. The summed E-state index contributed by atoms with van der Waals surface area (Å²) in [4.78, 5) is 23.6. The fourth-order valence-electron chi connectivity index (χ4n) is 2.84. The molecule has 0 saturated carbocycles. The van der Waals surface area contributed by atoms with Crippen LogP contribution in [0.4, 0.5) is 0 Å². The van der Waals surface area contributed by atoms with Crippen LogP contribution in [0.3, 0.4) is 0 Å². The summed E-state index contributed by atoms with van der Waals surface area (Å²) in [5, 5.41) is 8.30. The van der Waals surface area contributed by atoms with E-state index in [4.69, 9.17) is 9.15 Å². The number of carbonyl (C=O) groups is 2. The topological polar surface area (TPSA) is 96.5 Å². The van der Waals surface area contributed by atoms with Crippen molar-refractivity contribution < 1.29 is 23.5 Å². The molecule has 0 spiro atoms. The predicted molar refractivity (Wildman–Crippen MR) is 102 cm³/mol. The summed E-state index contributed by atoms with van der Waals surface area (Å²) < 4.78 is 16.9. The third-order valence-electron chi connectivity index (χ3n) is 4.34. The Balaban J connectivity index is 1.37. The molecule has 0 saturated heterocycles. The number of hydrogen-bond donors (Lipinski definition) is 0. The van der Waals surface area contributed by atoms with Crippen molar-refractivity contribution >= 4 is 23.0 Å². The fourth-order valence-corrected chi connectivity index (χ4v) is 2.84. The van der Waals surface area contributed by atoms with Crippen molar-refractivity contribution in [2.24, 2.45) is 0 Å². The van der Waals surface area contributed by atoms with Crippen LogP contribution in [0.2, 0.25) is 0 Å². The third-order valence-corrected chi connectivity index (χ3v) is 4.34. The first kappa shape index (κ1) is 18.4. The maximum Gasteiger partial charge on any atom is 0.373 e. The van der Waals surface area contributed by atoms with Gasteiger partial charge >= 0.3 is 11.9 Å². The van der Waals surface area contributed by atoms with Gasteiger partial charge in [0.1, 0.15) is 17.9 Å². The molecule has 0 aliphatic rings. The van der Waals surface area contributed by atoms with Gasteiger partial charge in [0.25, 0.3) is 0 Å². The van der Waals surface area contributed by atoms with Crippen LogP contribution in [-0.2, 0) is 22.6 Å². The van der Waals surface area contributed by atoms with Gasteiger partial charge in [-0.25, -0.2) is 14.3 Å². The number of hydrogen-bond acceptors (Lipinski definition) is 7. The molecule has 2 heterocycles. The number of para-hydroxylation sites is 1. The Morgan fingerprint density at radius 3 is 2.59 bits per heavy atom. The first-order valence-electron chi connectivity index (χ1n) is 8.85. The molecule has 0 bridgehead atoms. The summed E-state index contributed by atoms with van der Waals surface area (Å²) in [5.41, 5.74) is 3.17. The van der Waals surface area contributed by atoms with Crippen molar-refractivity contribution in [1.29, 1.82) is 0 Å². The Morgan fingerprint density at radius 2 is 1.79 bits per heavy atom. The highest BCUT2D eigenvalue weighted by atomic mass is 16.5. The van der Waals surface area contributed by atoms with Gasteiger partial charge in [0, 0.05) is 0 Å². The van der Waals surface area contributed by atoms with Crippen LogP contribution in [0.1, 0.15) is 32.2 Å². The van der Waals surface area contributed by atoms with E-state index in [9.17, 15) is 9.59 Å². The minimum absolute atomic E-state index is 0.0588. The molecule has 4 aromatic rings. The molecule has 0 aliphatic heterocycles. The van der Waals surface area contributed by atoms with Gasteiger partial charge < -0.3 is 13.9 Å². The molecular weight excluding hydrogens is 374 g/mol. The lowest BCUT2D eigenvalue weighted by atomic mass is 10.1. The lowest BCUT2D eigenvalue weighted by Gasteiger charge is -2.06. The molecule has 0 aliphatic carbocycles. The molecular formula is C21H17N3O5. The number of esters is 2. The quantitative estimate of drug-likeness (QED) is 0.466. The number of furan rings is 1. The first-order valence-corrected chi connectivity index (χ1v) is 8.85. The van der Waals surface area contributed by atoms with Gasteiger partial charge in [-0.05, 0) is 42.0 Å². The molecule has 0 unspecified atom stereocenters. The van der Waals surface area contributed by atoms with E-state index in [0.717, 1.165) is 16.6 Å². The van der Waals surface area contributed by atoms with E-state index in [1.165, 1.54) is 13.2 Å². The first-order chi connectivity index (χ1) is 14.1. The Bertz CT molecular complexity index is 1160. The number of aromatic nitrogens is 3. The number of fused-ring (bicyclic) bond motifs is 1. The normalized spacial score (nSPS) is 10.8. The second kappa shape index (κ2) is 7.97. The predicted octanol–water partition coefficient (Wildman–Crippen LogP) is 3.22. The van der Waals surface area contributed by atoms with Crippen molar-refractivity contribution in [3.63, 3.8) is 0 Å². The number of ether oxygens (including phenoxy) is 2. The molecule has 8 heteroatoms. The molecule has 0 amide bonds. The monoisotopic (exact) mass is 391 g/mol. The van der Waals surface area contributed by atoms with Crippen LogP contribution < -0.4 is 0 Å². The molecule has 2 aromatic carbocycles. The lowest BCUT2D eigenvalue weighted by Crippen LogP contribution is -2.06. The third kappa shape index (κ3) is 4.01. The number of nitrogens with zero attached hydrogens (tertiary/aromatic N) is 3. The number of carbonyl (C=O) groups excluding carboxylic acids is 2. The molecule has 0 atom stereocenters. The fraction of sp³-hybridized carbons (Fsp3) is 0.143. The summed E-state index contributed by atoms with van der Waals surface area (Å²) in [7, 11) is 1.26. The smallest absolute Gasteiger partial charge is 0.373 e. The summed E-state index contributed by atoms with van der Waals surface area (Å²) in [6, 6.07) is 17.8. The van der Waals surface area contributed by atoms with Crippen LogP contribution in [0.5, 0.6) is 0 Å². The molecule has 0 N–H and O–H groups in total. The molecule has 8 nitrogen and oxygen atoms in total. The number of rotatable bonds is 6. The van der Waals surface area contributed by atoms with Gasteiger partial charge in [-0.3, -0.25) is 0 Å². The van der Waals surface area contributed by atoms with E-state index >= 15 is 0 Å². The standard InChI is InChI=1S/C21H17N3O5/c1-27-21(26)19-11-10-16(29-19)13-28-20(25)15-8-6-14(7-9-15)12-24-18-5-3-2-4-17(18)22-23-24/h2-11H,12-13H2,1H3. The highest BCUT2D eigenvalue weighted by Gasteiger charge is 2.13. The van der Waals surface area contributed by atoms with Gasteiger partial charge in [0.05, 0.1) is 24.7 Å². The van der Waals surface area contributed by atoms with E-state index in [1.54, 1.807) is 22.9 Å². The molecule has 29 heavy (non-hydrogen) atoms.